The molecule has 0 aliphatic carbocycles. The van der Waals surface area contributed by atoms with E-state index < -0.39 is 18.0 Å². The summed E-state index contributed by atoms with van der Waals surface area (Å²) in [5.41, 5.74) is 4.10. The molecule has 0 saturated heterocycles. The van der Waals surface area contributed by atoms with Crippen LogP contribution in [-0.4, -0.2) is 31.3 Å². The number of hydrazone groups is 1. The summed E-state index contributed by atoms with van der Waals surface area (Å²) < 4.78 is 16.4. The Hall–Kier alpha value is -3.55. The zero-order valence-electron chi connectivity index (χ0n) is 18.7. The lowest BCUT2D eigenvalue weighted by Crippen LogP contribution is -2.33. The van der Waals surface area contributed by atoms with Gasteiger partial charge in [0.05, 0.1) is 23.9 Å². The minimum Gasteiger partial charge on any atom is -0.493 e. The molecule has 0 radical (unpaired) electrons. The zero-order valence-corrected chi connectivity index (χ0v) is 20.2. The summed E-state index contributed by atoms with van der Waals surface area (Å²) in [6.07, 6.45) is 0.651. The van der Waals surface area contributed by atoms with Gasteiger partial charge in [0.2, 0.25) is 0 Å². The topological polar surface area (TPSA) is 86.2 Å². The molecular formula is C25H22Cl2N2O5. The van der Waals surface area contributed by atoms with Gasteiger partial charge in [0.15, 0.2) is 17.6 Å². The third-order valence-corrected chi connectivity index (χ3v) is 5.25. The summed E-state index contributed by atoms with van der Waals surface area (Å²) in [6, 6.07) is 16.6. The van der Waals surface area contributed by atoms with E-state index in [0.29, 0.717) is 22.1 Å². The first kappa shape index (κ1) is 25.1. The Balaban J connectivity index is 1.61. The average molecular weight is 501 g/mol. The zero-order chi connectivity index (χ0) is 24.7. The van der Waals surface area contributed by atoms with Gasteiger partial charge in [-0.15, -0.1) is 0 Å². The Morgan fingerprint density at radius 2 is 1.74 bits per heavy atom. The number of esters is 1. The number of rotatable bonds is 8. The maximum atomic E-state index is 12.4. The standard InChI is InChI=1S/C25H22Cl2N2O5/c1-15-12-18(26)9-11-21(15)33-16(2)24(30)29-28-14-17-8-10-22(23(13-17)32-3)34-25(31)19-6-4-5-7-20(19)27/h4-14,16H,1-3H3,(H,29,30)/b28-14+. The molecule has 0 heterocycles. The SMILES string of the molecule is COc1cc(/C=N/NC(=O)C(C)Oc2ccc(Cl)cc2C)ccc1OC(=O)c1ccccc1Cl. The molecule has 0 aliphatic heterocycles. The Morgan fingerprint density at radius 1 is 1.00 bits per heavy atom. The predicted molar refractivity (Wildman–Crippen MR) is 131 cm³/mol. The molecule has 3 aromatic rings. The van der Waals surface area contributed by atoms with Crippen LogP contribution < -0.4 is 19.6 Å². The average Bonchev–Trinajstić information content (AvgIpc) is 2.81. The van der Waals surface area contributed by atoms with Crippen LogP contribution in [0, 0.1) is 6.92 Å². The van der Waals surface area contributed by atoms with Crippen molar-refractivity contribution in [2.24, 2.45) is 5.10 Å². The number of benzene rings is 3. The van der Waals surface area contributed by atoms with Gasteiger partial charge in [-0.25, -0.2) is 10.2 Å². The van der Waals surface area contributed by atoms with Gasteiger partial charge in [0, 0.05) is 5.02 Å². The molecule has 1 amide bonds. The normalized spacial score (nSPS) is 11.7. The van der Waals surface area contributed by atoms with E-state index in [-0.39, 0.29) is 16.3 Å². The van der Waals surface area contributed by atoms with E-state index >= 15 is 0 Å². The highest BCUT2D eigenvalue weighted by molar-refractivity contribution is 6.33. The summed E-state index contributed by atoms with van der Waals surface area (Å²) in [5, 5.41) is 4.84. The Labute approximate surface area is 207 Å². The lowest BCUT2D eigenvalue weighted by Gasteiger charge is -2.15. The molecule has 0 bridgehead atoms. The van der Waals surface area contributed by atoms with Crippen molar-refractivity contribution >= 4 is 41.3 Å². The second-order valence-electron chi connectivity index (χ2n) is 7.18. The molecule has 0 spiro atoms. The van der Waals surface area contributed by atoms with Crippen molar-refractivity contribution in [1.82, 2.24) is 5.43 Å². The fraction of sp³-hybridized carbons (Fsp3) is 0.160. The summed E-state index contributed by atoms with van der Waals surface area (Å²) in [6.45, 7) is 3.46. The van der Waals surface area contributed by atoms with E-state index in [0.717, 1.165) is 5.56 Å². The molecule has 0 fully saturated rings. The highest BCUT2D eigenvalue weighted by Gasteiger charge is 2.16. The Morgan fingerprint density at radius 3 is 2.44 bits per heavy atom. The van der Waals surface area contributed by atoms with Crippen LogP contribution in [0.15, 0.2) is 65.8 Å². The van der Waals surface area contributed by atoms with Crippen molar-refractivity contribution in [2.75, 3.05) is 7.11 Å². The van der Waals surface area contributed by atoms with E-state index in [2.05, 4.69) is 10.5 Å². The van der Waals surface area contributed by atoms with Crippen LogP contribution in [0.3, 0.4) is 0 Å². The maximum absolute atomic E-state index is 12.4. The van der Waals surface area contributed by atoms with Crippen LogP contribution in [0.25, 0.3) is 0 Å². The first-order valence-electron chi connectivity index (χ1n) is 10.2. The number of amides is 1. The van der Waals surface area contributed by atoms with E-state index in [4.69, 9.17) is 37.4 Å². The van der Waals surface area contributed by atoms with Crippen molar-refractivity contribution in [2.45, 2.75) is 20.0 Å². The highest BCUT2D eigenvalue weighted by atomic mass is 35.5. The molecule has 176 valence electrons. The minimum absolute atomic E-state index is 0.217. The van der Waals surface area contributed by atoms with Gasteiger partial charge in [0.25, 0.3) is 5.91 Å². The van der Waals surface area contributed by atoms with Gasteiger partial charge in [-0.2, -0.15) is 5.10 Å². The lowest BCUT2D eigenvalue weighted by molar-refractivity contribution is -0.127. The van der Waals surface area contributed by atoms with Crippen molar-refractivity contribution in [3.05, 3.63) is 87.4 Å². The summed E-state index contributed by atoms with van der Waals surface area (Å²) in [7, 11) is 1.45. The number of carbonyl (C=O) groups is 2. The number of nitrogens with zero attached hydrogens (tertiary/aromatic N) is 1. The van der Waals surface area contributed by atoms with Gasteiger partial charge < -0.3 is 14.2 Å². The molecule has 0 aliphatic rings. The van der Waals surface area contributed by atoms with E-state index in [1.807, 2.05) is 6.92 Å². The van der Waals surface area contributed by atoms with Gasteiger partial charge >= 0.3 is 5.97 Å². The Kier molecular flexibility index (Phi) is 8.51. The number of aryl methyl sites for hydroxylation is 1. The third kappa shape index (κ3) is 6.50. The lowest BCUT2D eigenvalue weighted by atomic mass is 10.2. The highest BCUT2D eigenvalue weighted by Crippen LogP contribution is 2.29. The molecule has 7 nitrogen and oxygen atoms in total. The number of hydrogen-bond donors (Lipinski definition) is 1. The predicted octanol–water partition coefficient (Wildman–Crippen LogP) is 5.45. The summed E-state index contributed by atoms with van der Waals surface area (Å²) in [5.74, 6) is 0.0487. The van der Waals surface area contributed by atoms with Crippen LogP contribution in [0.4, 0.5) is 0 Å². The number of methoxy groups -OCH3 is 1. The molecule has 1 atom stereocenters. The third-order valence-electron chi connectivity index (χ3n) is 4.68. The van der Waals surface area contributed by atoms with Crippen molar-refractivity contribution in [3.8, 4) is 17.2 Å². The molecular weight excluding hydrogens is 479 g/mol. The molecule has 34 heavy (non-hydrogen) atoms. The monoisotopic (exact) mass is 500 g/mol. The number of halogens is 2. The number of nitrogens with one attached hydrogen (secondary N) is 1. The van der Waals surface area contributed by atoms with Crippen molar-refractivity contribution in [1.29, 1.82) is 0 Å². The first-order chi connectivity index (χ1) is 16.3. The fourth-order valence-corrected chi connectivity index (χ4v) is 3.32. The van der Waals surface area contributed by atoms with Crippen LogP contribution in [0.2, 0.25) is 10.0 Å². The molecule has 0 aromatic heterocycles. The van der Waals surface area contributed by atoms with Gasteiger partial charge in [-0.05, 0) is 73.5 Å². The quantitative estimate of drug-likeness (QED) is 0.192. The number of hydrogen-bond acceptors (Lipinski definition) is 6. The summed E-state index contributed by atoms with van der Waals surface area (Å²) in [4.78, 5) is 24.7. The largest absolute Gasteiger partial charge is 0.493 e. The van der Waals surface area contributed by atoms with Crippen LogP contribution in [-0.2, 0) is 4.79 Å². The molecule has 3 rings (SSSR count). The van der Waals surface area contributed by atoms with Gasteiger partial charge in [-0.1, -0.05) is 35.3 Å². The maximum Gasteiger partial charge on any atom is 0.345 e. The second kappa shape index (κ2) is 11.5. The smallest absolute Gasteiger partial charge is 0.345 e. The van der Waals surface area contributed by atoms with E-state index in [1.54, 1.807) is 67.6 Å². The molecule has 1 N–H and O–H groups in total. The van der Waals surface area contributed by atoms with Crippen LogP contribution in [0.1, 0.15) is 28.4 Å². The minimum atomic E-state index is -0.779. The Bertz CT molecular complexity index is 1230. The second-order valence-corrected chi connectivity index (χ2v) is 8.03. The molecule has 3 aromatic carbocycles. The van der Waals surface area contributed by atoms with Crippen LogP contribution in [0.5, 0.6) is 17.2 Å². The van der Waals surface area contributed by atoms with E-state index in [1.165, 1.54) is 13.3 Å². The van der Waals surface area contributed by atoms with E-state index in [9.17, 15) is 9.59 Å². The van der Waals surface area contributed by atoms with Crippen molar-refractivity contribution < 1.29 is 23.8 Å². The molecule has 1 unspecified atom stereocenters. The summed E-state index contributed by atoms with van der Waals surface area (Å²) >= 11 is 12.0. The van der Waals surface area contributed by atoms with Gasteiger partial charge in [0.1, 0.15) is 5.75 Å². The fourth-order valence-electron chi connectivity index (χ4n) is 2.88. The molecule has 0 saturated carbocycles. The first-order valence-corrected chi connectivity index (χ1v) is 10.9. The van der Waals surface area contributed by atoms with Gasteiger partial charge in [-0.3, -0.25) is 4.79 Å². The number of ether oxygens (including phenoxy) is 3. The molecule has 9 heteroatoms. The number of carbonyl (C=O) groups excluding carboxylic acids is 2. The van der Waals surface area contributed by atoms with Crippen LogP contribution >= 0.6 is 23.2 Å². The van der Waals surface area contributed by atoms with Crippen molar-refractivity contribution in [3.63, 3.8) is 0 Å².